The predicted octanol–water partition coefficient (Wildman–Crippen LogP) is 3.12. The minimum Gasteiger partial charge on any atom is -0.492 e. The van der Waals surface area contributed by atoms with Gasteiger partial charge in [0, 0.05) is 36.1 Å². The van der Waals surface area contributed by atoms with E-state index >= 15 is 0 Å². The average molecular weight is 454 g/mol. The van der Waals surface area contributed by atoms with Crippen LogP contribution in [0.1, 0.15) is 5.56 Å². The summed E-state index contributed by atoms with van der Waals surface area (Å²) < 4.78 is 12.9. The number of fused-ring (bicyclic) bond motifs is 3. The topological polar surface area (TPSA) is 98.4 Å². The number of nitrogens with two attached hydrogens (primary N) is 1. The highest BCUT2D eigenvalue weighted by molar-refractivity contribution is 6.30. The number of aromatic nitrogens is 3. The van der Waals surface area contributed by atoms with Crippen molar-refractivity contribution in [3.63, 3.8) is 0 Å². The molecular weight excluding hydrogens is 430 g/mol. The van der Waals surface area contributed by atoms with Crippen LogP contribution < -0.4 is 16.0 Å². The Bertz CT molecular complexity index is 1360. The summed E-state index contributed by atoms with van der Waals surface area (Å²) in [6.07, 6.45) is 0. The monoisotopic (exact) mass is 453 g/mol. The number of pyridine rings is 1. The highest BCUT2D eigenvalue weighted by Gasteiger charge is 2.18. The lowest BCUT2D eigenvalue weighted by Gasteiger charge is -2.26. The quantitative estimate of drug-likeness (QED) is 0.481. The van der Waals surface area contributed by atoms with E-state index in [2.05, 4.69) is 15.0 Å². The number of nitrogens with zero attached hydrogens (tertiary/aromatic N) is 3. The SMILES string of the molecule is Cc1ccc(Cl)cc1-n1nc2c(c1N)c(=O)[nH]c1cc(OCCN3CCOCC3)ccc12. The smallest absolute Gasteiger partial charge is 0.261 e. The number of anilines is 1. The molecule has 0 spiro atoms. The van der Waals surface area contributed by atoms with E-state index in [0.29, 0.717) is 33.8 Å². The van der Waals surface area contributed by atoms with E-state index in [-0.39, 0.29) is 11.4 Å². The lowest BCUT2D eigenvalue weighted by molar-refractivity contribution is 0.0322. The number of aromatic amines is 1. The van der Waals surface area contributed by atoms with Crippen LogP contribution in [0.5, 0.6) is 5.75 Å². The molecule has 1 saturated heterocycles. The van der Waals surface area contributed by atoms with E-state index in [0.717, 1.165) is 49.5 Å². The Labute approximate surface area is 189 Å². The van der Waals surface area contributed by atoms with Gasteiger partial charge in [-0.1, -0.05) is 17.7 Å². The molecule has 0 saturated carbocycles. The molecule has 1 fully saturated rings. The van der Waals surface area contributed by atoms with Gasteiger partial charge in [0.2, 0.25) is 0 Å². The molecule has 2 aromatic heterocycles. The van der Waals surface area contributed by atoms with Crippen LogP contribution >= 0.6 is 11.6 Å². The third kappa shape index (κ3) is 3.81. The maximum absolute atomic E-state index is 12.9. The van der Waals surface area contributed by atoms with E-state index < -0.39 is 0 Å². The fourth-order valence-electron chi connectivity index (χ4n) is 4.06. The molecule has 0 unspecified atom stereocenters. The number of benzene rings is 2. The zero-order valence-electron chi connectivity index (χ0n) is 17.7. The molecule has 0 radical (unpaired) electrons. The number of ether oxygens (including phenoxy) is 2. The van der Waals surface area contributed by atoms with E-state index in [1.165, 1.54) is 0 Å². The second-order valence-electron chi connectivity index (χ2n) is 7.92. The van der Waals surface area contributed by atoms with Crippen molar-refractivity contribution in [3.05, 3.63) is 57.3 Å². The number of morpholine rings is 1. The van der Waals surface area contributed by atoms with Crippen LogP contribution in [0.2, 0.25) is 5.02 Å². The molecule has 1 aliphatic heterocycles. The van der Waals surface area contributed by atoms with Crippen LogP contribution in [0.4, 0.5) is 5.82 Å². The van der Waals surface area contributed by atoms with Crippen molar-refractivity contribution in [2.45, 2.75) is 6.92 Å². The normalized spacial score (nSPS) is 14.9. The van der Waals surface area contributed by atoms with Gasteiger partial charge in [-0.25, -0.2) is 4.68 Å². The molecule has 8 nitrogen and oxygen atoms in total. The summed E-state index contributed by atoms with van der Waals surface area (Å²) in [6.45, 7) is 6.70. The van der Waals surface area contributed by atoms with Gasteiger partial charge >= 0.3 is 0 Å². The standard InChI is InChI=1S/C23H24ClN5O3/c1-14-2-3-15(24)12-19(14)29-22(25)20-21(27-29)17-5-4-16(13-18(17)26-23(20)30)32-11-8-28-6-9-31-10-7-28/h2-5,12-13H,6-11,25H2,1H3,(H,26,30). The van der Waals surface area contributed by atoms with Crippen molar-refractivity contribution in [2.24, 2.45) is 0 Å². The fraction of sp³-hybridized carbons (Fsp3) is 0.304. The molecular formula is C23H24ClN5O3. The van der Waals surface area contributed by atoms with Crippen molar-refractivity contribution >= 4 is 39.2 Å². The first-order valence-electron chi connectivity index (χ1n) is 10.5. The van der Waals surface area contributed by atoms with Crippen LogP contribution in [0.15, 0.2) is 41.2 Å². The first-order chi connectivity index (χ1) is 15.5. The number of rotatable bonds is 5. The third-order valence-electron chi connectivity index (χ3n) is 5.82. The average Bonchev–Trinajstić information content (AvgIpc) is 3.14. The zero-order valence-corrected chi connectivity index (χ0v) is 18.5. The Hall–Kier alpha value is -3.07. The molecule has 0 atom stereocenters. The van der Waals surface area contributed by atoms with Crippen molar-refractivity contribution in [3.8, 4) is 11.4 Å². The summed E-state index contributed by atoms with van der Waals surface area (Å²) >= 11 is 6.18. The molecule has 2 aromatic carbocycles. The molecule has 3 N–H and O–H groups in total. The summed E-state index contributed by atoms with van der Waals surface area (Å²) in [4.78, 5) is 18.1. The lowest BCUT2D eigenvalue weighted by Crippen LogP contribution is -2.38. The van der Waals surface area contributed by atoms with E-state index in [1.807, 2.05) is 37.3 Å². The zero-order chi connectivity index (χ0) is 22.2. The van der Waals surface area contributed by atoms with Crippen LogP contribution in [0, 0.1) is 6.92 Å². The molecule has 32 heavy (non-hydrogen) atoms. The molecule has 0 bridgehead atoms. The van der Waals surface area contributed by atoms with Gasteiger partial charge in [-0.3, -0.25) is 9.69 Å². The van der Waals surface area contributed by atoms with E-state index in [1.54, 1.807) is 10.7 Å². The van der Waals surface area contributed by atoms with Crippen molar-refractivity contribution in [1.29, 1.82) is 0 Å². The lowest BCUT2D eigenvalue weighted by atomic mass is 10.1. The molecule has 3 heterocycles. The number of H-pyrrole nitrogens is 1. The highest BCUT2D eigenvalue weighted by atomic mass is 35.5. The number of nitrogens with one attached hydrogen (secondary N) is 1. The second-order valence-corrected chi connectivity index (χ2v) is 8.35. The molecule has 1 aliphatic rings. The Morgan fingerprint density at radius 3 is 2.84 bits per heavy atom. The van der Waals surface area contributed by atoms with E-state index in [4.69, 9.17) is 26.8 Å². The van der Waals surface area contributed by atoms with E-state index in [9.17, 15) is 4.79 Å². The molecule has 0 amide bonds. The Morgan fingerprint density at radius 2 is 2.03 bits per heavy atom. The van der Waals surface area contributed by atoms with Crippen molar-refractivity contribution < 1.29 is 9.47 Å². The molecule has 166 valence electrons. The number of nitrogen functional groups attached to an aromatic ring is 1. The summed E-state index contributed by atoms with van der Waals surface area (Å²) in [6, 6.07) is 11.1. The Morgan fingerprint density at radius 1 is 1.22 bits per heavy atom. The van der Waals surface area contributed by atoms with Crippen LogP contribution in [-0.2, 0) is 4.74 Å². The fourth-order valence-corrected chi connectivity index (χ4v) is 4.23. The first kappa shape index (κ1) is 20.8. The summed E-state index contributed by atoms with van der Waals surface area (Å²) in [5.74, 6) is 0.971. The largest absolute Gasteiger partial charge is 0.492 e. The highest BCUT2D eigenvalue weighted by Crippen LogP contribution is 2.30. The number of aryl methyl sites for hydroxylation is 1. The van der Waals surface area contributed by atoms with Crippen LogP contribution in [0.3, 0.4) is 0 Å². The second kappa shape index (κ2) is 8.46. The summed E-state index contributed by atoms with van der Waals surface area (Å²) in [5.41, 5.74) is 8.94. The Balaban J connectivity index is 1.49. The molecule has 5 rings (SSSR count). The minimum atomic E-state index is -0.290. The van der Waals surface area contributed by atoms with Gasteiger partial charge in [0.1, 0.15) is 29.1 Å². The summed E-state index contributed by atoms with van der Waals surface area (Å²) in [5, 5.41) is 6.41. The minimum absolute atomic E-state index is 0.277. The third-order valence-corrected chi connectivity index (χ3v) is 6.06. The van der Waals surface area contributed by atoms with Gasteiger partial charge in [0.05, 0.1) is 24.4 Å². The van der Waals surface area contributed by atoms with Crippen molar-refractivity contribution in [2.75, 3.05) is 45.2 Å². The summed E-state index contributed by atoms with van der Waals surface area (Å²) in [7, 11) is 0. The number of hydrogen-bond donors (Lipinski definition) is 2. The van der Waals surface area contributed by atoms with Gasteiger partial charge in [0.25, 0.3) is 5.56 Å². The maximum atomic E-state index is 12.9. The van der Waals surface area contributed by atoms with Crippen LogP contribution in [-0.4, -0.2) is 59.1 Å². The van der Waals surface area contributed by atoms with Gasteiger partial charge < -0.3 is 20.2 Å². The molecule has 4 aromatic rings. The molecule has 9 heteroatoms. The first-order valence-corrected chi connectivity index (χ1v) is 10.9. The van der Waals surface area contributed by atoms with Crippen LogP contribution in [0.25, 0.3) is 27.5 Å². The van der Waals surface area contributed by atoms with Crippen molar-refractivity contribution in [1.82, 2.24) is 19.7 Å². The van der Waals surface area contributed by atoms with Gasteiger partial charge in [-0.2, -0.15) is 5.10 Å². The number of hydrogen-bond acceptors (Lipinski definition) is 6. The van der Waals surface area contributed by atoms with Gasteiger partial charge in [-0.15, -0.1) is 0 Å². The number of halogens is 1. The molecule has 0 aliphatic carbocycles. The van der Waals surface area contributed by atoms with Gasteiger partial charge in [-0.05, 0) is 36.8 Å². The maximum Gasteiger partial charge on any atom is 0.261 e. The van der Waals surface area contributed by atoms with Gasteiger partial charge in [0.15, 0.2) is 0 Å². The Kier molecular flexibility index (Phi) is 5.50. The predicted molar refractivity (Wildman–Crippen MR) is 126 cm³/mol.